The quantitative estimate of drug-likeness (QED) is 0.785. The van der Waals surface area contributed by atoms with Crippen LogP contribution in [0.5, 0.6) is 5.75 Å². The summed E-state index contributed by atoms with van der Waals surface area (Å²) in [6.07, 6.45) is 0.753. The maximum Gasteiger partial charge on any atom is 0.233 e. The number of ether oxygens (including phenoxy) is 1. The summed E-state index contributed by atoms with van der Waals surface area (Å²) >= 11 is 5.83. The number of halogens is 1. The monoisotopic (exact) mass is 309 g/mol. The summed E-state index contributed by atoms with van der Waals surface area (Å²) < 4.78 is 11.3. The highest BCUT2D eigenvalue weighted by Crippen LogP contribution is 2.18. The van der Waals surface area contributed by atoms with Crippen molar-refractivity contribution in [3.05, 3.63) is 41.1 Å². The van der Waals surface area contributed by atoms with Crippen molar-refractivity contribution in [1.82, 2.24) is 15.1 Å². The normalized spacial score (nSPS) is 12.6. The second-order valence-corrected chi connectivity index (χ2v) is 5.28. The van der Waals surface area contributed by atoms with Gasteiger partial charge in [-0.15, -0.1) is 10.2 Å². The predicted molar refractivity (Wildman–Crippen MR) is 81.7 cm³/mol. The smallest absolute Gasteiger partial charge is 0.233 e. The van der Waals surface area contributed by atoms with Crippen LogP contribution in [-0.2, 0) is 6.42 Å². The van der Waals surface area contributed by atoms with E-state index >= 15 is 0 Å². The summed E-state index contributed by atoms with van der Waals surface area (Å²) in [5.74, 6) is 2.12. The molecule has 0 N–H and O–H groups in total. The molecular formula is C15H20ClN3O2. The molecule has 21 heavy (non-hydrogen) atoms. The summed E-state index contributed by atoms with van der Waals surface area (Å²) in [7, 11) is 2.01. The molecule has 0 amide bonds. The fourth-order valence-corrected chi connectivity index (χ4v) is 1.92. The third-order valence-electron chi connectivity index (χ3n) is 3.33. The van der Waals surface area contributed by atoms with E-state index in [-0.39, 0.29) is 6.04 Å². The van der Waals surface area contributed by atoms with Crippen molar-refractivity contribution in [2.24, 2.45) is 0 Å². The standard InChI is InChI=1S/C15H20ClN3O2/c1-4-14-17-18-15(21-14)11(2)19(3)9-10-20-13-7-5-12(16)6-8-13/h5-8,11H,4,9-10H2,1-3H3. The molecule has 2 rings (SSSR count). The predicted octanol–water partition coefficient (Wildman–Crippen LogP) is 3.36. The first-order valence-corrected chi connectivity index (χ1v) is 7.38. The van der Waals surface area contributed by atoms with Crippen molar-refractivity contribution in [1.29, 1.82) is 0 Å². The highest BCUT2D eigenvalue weighted by molar-refractivity contribution is 6.30. The third kappa shape index (κ3) is 4.44. The van der Waals surface area contributed by atoms with E-state index in [2.05, 4.69) is 15.1 Å². The summed E-state index contributed by atoms with van der Waals surface area (Å²) in [5.41, 5.74) is 0. The molecule has 114 valence electrons. The van der Waals surface area contributed by atoms with Gasteiger partial charge in [-0.2, -0.15) is 0 Å². The van der Waals surface area contributed by atoms with Crippen LogP contribution in [0.25, 0.3) is 0 Å². The zero-order valence-corrected chi connectivity index (χ0v) is 13.3. The van der Waals surface area contributed by atoms with E-state index in [0.717, 1.165) is 18.7 Å². The molecule has 0 aliphatic heterocycles. The number of hydrogen-bond donors (Lipinski definition) is 0. The number of rotatable bonds is 7. The zero-order valence-electron chi connectivity index (χ0n) is 12.5. The van der Waals surface area contributed by atoms with Crippen LogP contribution in [0.2, 0.25) is 5.02 Å². The minimum atomic E-state index is 0.0617. The minimum absolute atomic E-state index is 0.0617. The molecule has 0 radical (unpaired) electrons. The maximum absolute atomic E-state index is 5.83. The van der Waals surface area contributed by atoms with Crippen LogP contribution in [0, 0.1) is 0 Å². The highest BCUT2D eigenvalue weighted by Gasteiger charge is 2.17. The average molecular weight is 310 g/mol. The molecule has 0 fully saturated rings. The van der Waals surface area contributed by atoms with E-state index in [9.17, 15) is 0 Å². The van der Waals surface area contributed by atoms with Gasteiger partial charge in [0.15, 0.2) is 0 Å². The van der Waals surface area contributed by atoms with Crippen LogP contribution in [-0.4, -0.2) is 35.3 Å². The number of hydrogen-bond acceptors (Lipinski definition) is 5. The van der Waals surface area contributed by atoms with Crippen LogP contribution < -0.4 is 4.74 Å². The van der Waals surface area contributed by atoms with Crippen LogP contribution in [0.3, 0.4) is 0 Å². The Morgan fingerprint density at radius 2 is 2.00 bits per heavy atom. The molecule has 1 aromatic carbocycles. The molecule has 0 aliphatic rings. The molecule has 1 atom stereocenters. The topological polar surface area (TPSA) is 51.4 Å². The van der Waals surface area contributed by atoms with E-state index in [4.69, 9.17) is 20.8 Å². The maximum atomic E-state index is 5.83. The van der Waals surface area contributed by atoms with Crippen molar-refractivity contribution in [3.8, 4) is 5.75 Å². The second kappa shape index (κ2) is 7.43. The number of likely N-dealkylation sites (N-methyl/N-ethyl adjacent to an activating group) is 1. The van der Waals surface area contributed by atoms with Crippen molar-refractivity contribution in [2.45, 2.75) is 26.3 Å². The van der Waals surface area contributed by atoms with E-state index in [1.165, 1.54) is 0 Å². The fourth-order valence-electron chi connectivity index (χ4n) is 1.80. The largest absolute Gasteiger partial charge is 0.492 e. The molecule has 1 heterocycles. The first-order chi connectivity index (χ1) is 10.1. The molecule has 6 heteroatoms. The van der Waals surface area contributed by atoms with Crippen molar-refractivity contribution >= 4 is 11.6 Å². The van der Waals surface area contributed by atoms with Gasteiger partial charge < -0.3 is 9.15 Å². The molecule has 5 nitrogen and oxygen atoms in total. The van der Waals surface area contributed by atoms with E-state index in [0.29, 0.717) is 23.4 Å². The zero-order chi connectivity index (χ0) is 15.2. The van der Waals surface area contributed by atoms with Gasteiger partial charge >= 0.3 is 0 Å². The van der Waals surface area contributed by atoms with E-state index in [1.54, 1.807) is 0 Å². The first kappa shape index (κ1) is 15.8. The third-order valence-corrected chi connectivity index (χ3v) is 3.58. The second-order valence-electron chi connectivity index (χ2n) is 4.85. The van der Waals surface area contributed by atoms with E-state index in [1.807, 2.05) is 45.2 Å². The highest BCUT2D eigenvalue weighted by atomic mass is 35.5. The van der Waals surface area contributed by atoms with Crippen molar-refractivity contribution in [3.63, 3.8) is 0 Å². The SMILES string of the molecule is CCc1nnc(C(C)N(C)CCOc2ccc(Cl)cc2)o1. The van der Waals surface area contributed by atoms with Gasteiger partial charge in [-0.05, 0) is 38.2 Å². The molecule has 1 unspecified atom stereocenters. The fraction of sp³-hybridized carbons (Fsp3) is 0.467. The summed E-state index contributed by atoms with van der Waals surface area (Å²) in [6.45, 7) is 5.37. The Kier molecular flexibility index (Phi) is 5.59. The molecular weight excluding hydrogens is 290 g/mol. The van der Waals surface area contributed by atoms with Gasteiger partial charge in [0.1, 0.15) is 12.4 Å². The molecule has 2 aromatic rings. The molecule has 0 bridgehead atoms. The van der Waals surface area contributed by atoms with Gasteiger partial charge in [-0.1, -0.05) is 18.5 Å². The van der Waals surface area contributed by atoms with Crippen molar-refractivity contribution < 1.29 is 9.15 Å². The molecule has 0 saturated carbocycles. The van der Waals surface area contributed by atoms with Crippen LogP contribution >= 0.6 is 11.6 Å². The van der Waals surface area contributed by atoms with Gasteiger partial charge in [0.2, 0.25) is 11.8 Å². The molecule has 0 spiro atoms. The van der Waals surface area contributed by atoms with Gasteiger partial charge in [0.05, 0.1) is 6.04 Å². The van der Waals surface area contributed by atoms with Gasteiger partial charge in [0, 0.05) is 18.0 Å². The Morgan fingerprint density at radius 3 is 2.62 bits per heavy atom. The summed E-state index contributed by atoms with van der Waals surface area (Å²) in [6, 6.07) is 7.41. The lowest BCUT2D eigenvalue weighted by atomic mass is 10.3. The number of aryl methyl sites for hydroxylation is 1. The van der Waals surface area contributed by atoms with Crippen LogP contribution in [0.4, 0.5) is 0 Å². The summed E-state index contributed by atoms with van der Waals surface area (Å²) in [4.78, 5) is 2.11. The Morgan fingerprint density at radius 1 is 1.29 bits per heavy atom. The Bertz CT molecular complexity index is 556. The van der Waals surface area contributed by atoms with Crippen LogP contribution in [0.1, 0.15) is 31.7 Å². The Balaban J connectivity index is 1.80. The lowest BCUT2D eigenvalue weighted by Gasteiger charge is -2.21. The van der Waals surface area contributed by atoms with Gasteiger partial charge in [-0.3, -0.25) is 4.90 Å². The van der Waals surface area contributed by atoms with Gasteiger partial charge in [-0.25, -0.2) is 0 Å². The molecule has 0 saturated heterocycles. The molecule has 1 aromatic heterocycles. The summed E-state index contributed by atoms with van der Waals surface area (Å²) in [5, 5.41) is 8.76. The first-order valence-electron chi connectivity index (χ1n) is 7.01. The van der Waals surface area contributed by atoms with E-state index < -0.39 is 0 Å². The lowest BCUT2D eigenvalue weighted by molar-refractivity contribution is 0.180. The van der Waals surface area contributed by atoms with Gasteiger partial charge in [0.25, 0.3) is 0 Å². The van der Waals surface area contributed by atoms with Crippen LogP contribution in [0.15, 0.2) is 28.7 Å². The Labute approximate surface area is 129 Å². The van der Waals surface area contributed by atoms with Crippen molar-refractivity contribution in [2.75, 3.05) is 20.2 Å². The number of nitrogens with zero attached hydrogens (tertiary/aromatic N) is 3. The molecule has 0 aliphatic carbocycles. The average Bonchev–Trinajstić information content (AvgIpc) is 2.97. The Hall–Kier alpha value is -1.59. The lowest BCUT2D eigenvalue weighted by Crippen LogP contribution is -2.27. The number of benzene rings is 1. The minimum Gasteiger partial charge on any atom is -0.492 e. The number of aromatic nitrogens is 2.